The highest BCUT2D eigenvalue weighted by molar-refractivity contribution is 5.42. The monoisotopic (exact) mass is 193 g/mol. The molecule has 0 spiro atoms. The summed E-state index contributed by atoms with van der Waals surface area (Å²) in [6, 6.07) is 3.88. The first kappa shape index (κ1) is 9.40. The highest BCUT2D eigenvalue weighted by atomic mass is 16.3. The van der Waals surface area contributed by atoms with E-state index in [9.17, 15) is 5.11 Å². The smallest absolute Gasteiger partial charge is 0.151 e. The predicted octanol–water partition coefficient (Wildman–Crippen LogP) is 0.746. The maximum atomic E-state index is 9.82. The van der Waals surface area contributed by atoms with Gasteiger partial charge in [-0.05, 0) is 25.5 Å². The maximum absolute atomic E-state index is 9.82. The lowest BCUT2D eigenvalue weighted by molar-refractivity contribution is 0.00797. The Morgan fingerprint density at radius 1 is 1.43 bits per heavy atom. The van der Waals surface area contributed by atoms with Crippen molar-refractivity contribution in [3.63, 3.8) is 0 Å². The average molecular weight is 193 g/mol. The van der Waals surface area contributed by atoms with Crippen molar-refractivity contribution in [2.45, 2.75) is 25.9 Å². The van der Waals surface area contributed by atoms with E-state index in [0.29, 0.717) is 13.1 Å². The van der Waals surface area contributed by atoms with Crippen LogP contribution in [0.2, 0.25) is 0 Å². The molecule has 0 saturated carbocycles. The van der Waals surface area contributed by atoms with Crippen molar-refractivity contribution in [3.05, 3.63) is 17.8 Å². The van der Waals surface area contributed by atoms with Crippen molar-refractivity contribution < 1.29 is 5.11 Å². The van der Waals surface area contributed by atoms with Gasteiger partial charge in [0.05, 0.1) is 24.4 Å². The van der Waals surface area contributed by atoms with Crippen LogP contribution in [0.5, 0.6) is 0 Å². The molecule has 0 aromatic carbocycles. The molecule has 2 heterocycles. The average Bonchev–Trinajstić information content (AvgIpc) is 2.15. The highest BCUT2D eigenvalue weighted by Gasteiger charge is 2.40. The Bertz CT molecular complexity index is 317. The second-order valence-corrected chi connectivity index (χ2v) is 3.97. The molecule has 0 bridgehead atoms. The van der Waals surface area contributed by atoms with Crippen LogP contribution in [0.3, 0.4) is 0 Å². The number of rotatable bonds is 2. The lowest BCUT2D eigenvalue weighted by Gasteiger charge is -2.46. The molecular weight excluding hydrogens is 178 g/mol. The van der Waals surface area contributed by atoms with Gasteiger partial charge in [-0.2, -0.15) is 5.10 Å². The van der Waals surface area contributed by atoms with E-state index in [1.807, 2.05) is 30.9 Å². The van der Waals surface area contributed by atoms with Crippen LogP contribution < -0.4 is 4.90 Å². The zero-order valence-corrected chi connectivity index (χ0v) is 8.56. The van der Waals surface area contributed by atoms with Crippen LogP contribution in [0.4, 0.5) is 5.82 Å². The fourth-order valence-corrected chi connectivity index (χ4v) is 1.61. The third-order valence-corrected chi connectivity index (χ3v) is 2.74. The minimum Gasteiger partial charge on any atom is -0.386 e. The number of anilines is 1. The quantitative estimate of drug-likeness (QED) is 0.753. The molecule has 0 unspecified atom stereocenters. The third kappa shape index (κ3) is 1.57. The van der Waals surface area contributed by atoms with Gasteiger partial charge in [-0.15, -0.1) is 5.10 Å². The zero-order valence-electron chi connectivity index (χ0n) is 8.56. The molecule has 2 rings (SSSR count). The number of hydrogen-bond donors (Lipinski definition) is 1. The Morgan fingerprint density at radius 3 is 2.64 bits per heavy atom. The molecule has 1 aromatic heterocycles. The fourth-order valence-electron chi connectivity index (χ4n) is 1.61. The molecular formula is C10H15N3O. The van der Waals surface area contributed by atoms with E-state index in [1.165, 1.54) is 0 Å². The standard InChI is InChI=1S/C10H15N3O/c1-3-10(14)6-13(7-10)9-5-4-8(2)11-12-9/h4-5,14H,3,6-7H2,1-2H3. The van der Waals surface area contributed by atoms with Gasteiger partial charge in [0, 0.05) is 0 Å². The molecule has 1 N–H and O–H groups in total. The Kier molecular flexibility index (Phi) is 2.15. The third-order valence-electron chi connectivity index (χ3n) is 2.74. The summed E-state index contributed by atoms with van der Waals surface area (Å²) in [7, 11) is 0. The summed E-state index contributed by atoms with van der Waals surface area (Å²) in [6.07, 6.45) is 0.794. The number of β-amino-alcohol motifs (C(OH)–C–C–N with tert-alkyl or cyclic N) is 1. The molecule has 0 aliphatic carbocycles. The molecule has 0 amide bonds. The van der Waals surface area contributed by atoms with Crippen LogP contribution in [0, 0.1) is 6.92 Å². The lowest BCUT2D eigenvalue weighted by Crippen LogP contribution is -2.61. The first-order valence-corrected chi connectivity index (χ1v) is 4.91. The van der Waals surface area contributed by atoms with E-state index >= 15 is 0 Å². The van der Waals surface area contributed by atoms with Gasteiger partial charge in [0.25, 0.3) is 0 Å². The van der Waals surface area contributed by atoms with Gasteiger partial charge < -0.3 is 10.0 Å². The summed E-state index contributed by atoms with van der Waals surface area (Å²) in [5, 5.41) is 17.9. The summed E-state index contributed by atoms with van der Waals surface area (Å²) in [4.78, 5) is 2.04. The van der Waals surface area contributed by atoms with Crippen molar-refractivity contribution in [2.75, 3.05) is 18.0 Å². The van der Waals surface area contributed by atoms with Gasteiger partial charge in [-0.3, -0.25) is 0 Å². The van der Waals surface area contributed by atoms with Crippen molar-refractivity contribution in [1.29, 1.82) is 0 Å². The Balaban J connectivity index is 2.03. The number of aromatic nitrogens is 2. The number of aliphatic hydroxyl groups is 1. The number of hydrogen-bond acceptors (Lipinski definition) is 4. The Morgan fingerprint density at radius 2 is 2.14 bits per heavy atom. The summed E-state index contributed by atoms with van der Waals surface area (Å²) < 4.78 is 0. The van der Waals surface area contributed by atoms with E-state index in [1.54, 1.807) is 0 Å². The van der Waals surface area contributed by atoms with Crippen LogP contribution in [0.25, 0.3) is 0 Å². The predicted molar refractivity (Wildman–Crippen MR) is 54.2 cm³/mol. The van der Waals surface area contributed by atoms with Crippen LogP contribution in [-0.2, 0) is 0 Å². The minimum atomic E-state index is -0.507. The topological polar surface area (TPSA) is 49.2 Å². The Hall–Kier alpha value is -1.16. The van der Waals surface area contributed by atoms with E-state index in [0.717, 1.165) is 17.9 Å². The zero-order chi connectivity index (χ0) is 10.2. The van der Waals surface area contributed by atoms with E-state index < -0.39 is 5.60 Å². The molecule has 1 aliphatic rings. The van der Waals surface area contributed by atoms with E-state index in [4.69, 9.17) is 0 Å². The minimum absolute atomic E-state index is 0.507. The maximum Gasteiger partial charge on any atom is 0.151 e. The van der Waals surface area contributed by atoms with Gasteiger partial charge in [0.2, 0.25) is 0 Å². The molecule has 76 valence electrons. The van der Waals surface area contributed by atoms with Crippen LogP contribution in [0.15, 0.2) is 12.1 Å². The molecule has 1 fully saturated rings. The van der Waals surface area contributed by atoms with Crippen LogP contribution in [0.1, 0.15) is 19.0 Å². The van der Waals surface area contributed by atoms with Gasteiger partial charge in [-0.1, -0.05) is 6.92 Å². The summed E-state index contributed by atoms with van der Waals surface area (Å²) >= 11 is 0. The number of aryl methyl sites for hydroxylation is 1. The molecule has 4 heteroatoms. The van der Waals surface area contributed by atoms with Crippen LogP contribution >= 0.6 is 0 Å². The number of nitrogens with zero attached hydrogens (tertiary/aromatic N) is 3. The second-order valence-electron chi connectivity index (χ2n) is 3.97. The van der Waals surface area contributed by atoms with Crippen molar-refractivity contribution in [3.8, 4) is 0 Å². The van der Waals surface area contributed by atoms with Crippen molar-refractivity contribution in [1.82, 2.24) is 10.2 Å². The first-order chi connectivity index (χ1) is 6.63. The summed E-state index contributed by atoms with van der Waals surface area (Å²) in [5.41, 5.74) is 0.409. The SMILES string of the molecule is CCC1(O)CN(c2ccc(C)nn2)C1. The summed E-state index contributed by atoms with van der Waals surface area (Å²) in [6.45, 7) is 5.25. The normalized spacial score (nSPS) is 19.2. The molecule has 1 aliphatic heterocycles. The van der Waals surface area contributed by atoms with Gasteiger partial charge in [0.15, 0.2) is 5.82 Å². The fraction of sp³-hybridized carbons (Fsp3) is 0.600. The highest BCUT2D eigenvalue weighted by Crippen LogP contribution is 2.27. The molecule has 1 aromatic rings. The summed E-state index contributed by atoms with van der Waals surface area (Å²) in [5.74, 6) is 0.855. The van der Waals surface area contributed by atoms with Gasteiger partial charge in [0.1, 0.15) is 0 Å². The second kappa shape index (κ2) is 3.20. The van der Waals surface area contributed by atoms with Crippen molar-refractivity contribution in [2.24, 2.45) is 0 Å². The van der Waals surface area contributed by atoms with Gasteiger partial charge >= 0.3 is 0 Å². The van der Waals surface area contributed by atoms with E-state index in [2.05, 4.69) is 10.2 Å². The molecule has 0 atom stereocenters. The first-order valence-electron chi connectivity index (χ1n) is 4.91. The largest absolute Gasteiger partial charge is 0.386 e. The van der Waals surface area contributed by atoms with Crippen LogP contribution in [-0.4, -0.2) is 34.0 Å². The lowest BCUT2D eigenvalue weighted by atomic mass is 9.91. The van der Waals surface area contributed by atoms with E-state index in [-0.39, 0.29) is 0 Å². The van der Waals surface area contributed by atoms with Crippen molar-refractivity contribution >= 4 is 5.82 Å². The van der Waals surface area contributed by atoms with Gasteiger partial charge in [-0.25, -0.2) is 0 Å². The Labute approximate surface area is 83.6 Å². The molecule has 4 nitrogen and oxygen atoms in total. The molecule has 1 saturated heterocycles. The molecule has 0 radical (unpaired) electrons. The molecule has 14 heavy (non-hydrogen) atoms.